The summed E-state index contributed by atoms with van der Waals surface area (Å²) in [6.07, 6.45) is 0.967. The fourth-order valence-corrected chi connectivity index (χ4v) is 2.22. The van der Waals surface area contributed by atoms with Gasteiger partial charge in [0.1, 0.15) is 0 Å². The Hall–Kier alpha value is -0.340. The highest BCUT2D eigenvalue weighted by molar-refractivity contribution is 9.10. The van der Waals surface area contributed by atoms with Gasteiger partial charge >= 0.3 is 0 Å². The van der Waals surface area contributed by atoms with Crippen molar-refractivity contribution in [3.63, 3.8) is 0 Å². The summed E-state index contributed by atoms with van der Waals surface area (Å²) in [6.45, 7) is 6.04. The van der Waals surface area contributed by atoms with Gasteiger partial charge in [-0.1, -0.05) is 54.4 Å². The van der Waals surface area contributed by atoms with Crippen LogP contribution in [0.3, 0.4) is 0 Å². The second-order valence-electron chi connectivity index (χ2n) is 3.94. The van der Waals surface area contributed by atoms with Crippen molar-refractivity contribution in [1.82, 2.24) is 0 Å². The topological polar surface area (TPSA) is 20.2 Å². The second kappa shape index (κ2) is 4.45. The van der Waals surface area contributed by atoms with E-state index in [1.165, 1.54) is 0 Å². The molecule has 0 fully saturated rings. The van der Waals surface area contributed by atoms with Crippen molar-refractivity contribution < 1.29 is 5.11 Å². The van der Waals surface area contributed by atoms with Crippen LogP contribution in [0.4, 0.5) is 0 Å². The largest absolute Gasteiger partial charge is 0.385 e. The lowest BCUT2D eigenvalue weighted by Crippen LogP contribution is -2.29. The Balaban J connectivity index is 3.09. The number of hydrogen-bond acceptors (Lipinski definition) is 1. The van der Waals surface area contributed by atoms with Crippen LogP contribution >= 0.6 is 15.9 Å². The first-order valence-corrected chi connectivity index (χ1v) is 5.76. The van der Waals surface area contributed by atoms with Crippen LogP contribution in [0.1, 0.15) is 32.8 Å². The predicted octanol–water partition coefficient (Wildman–Crippen LogP) is 3.70. The molecular formula is C12H17BrO. The van der Waals surface area contributed by atoms with E-state index in [1.807, 2.05) is 31.2 Å². The van der Waals surface area contributed by atoms with Gasteiger partial charge in [0.15, 0.2) is 0 Å². The first-order valence-electron chi connectivity index (χ1n) is 4.97. The smallest absolute Gasteiger partial charge is 0.0904 e. The number of benzene rings is 1. The van der Waals surface area contributed by atoms with Crippen LogP contribution in [0.15, 0.2) is 28.7 Å². The summed E-state index contributed by atoms with van der Waals surface area (Å²) in [4.78, 5) is 0. The Morgan fingerprint density at radius 1 is 1.43 bits per heavy atom. The standard InChI is InChI=1S/C12H17BrO/c1-4-9(2)12(3,14)10-7-5-6-8-11(10)13/h5-9,14H,4H2,1-3H3. The van der Waals surface area contributed by atoms with Crippen LogP contribution in [-0.2, 0) is 5.60 Å². The van der Waals surface area contributed by atoms with Crippen molar-refractivity contribution in [2.45, 2.75) is 32.8 Å². The Morgan fingerprint density at radius 2 is 2.00 bits per heavy atom. The summed E-state index contributed by atoms with van der Waals surface area (Å²) >= 11 is 3.47. The molecule has 2 heteroatoms. The van der Waals surface area contributed by atoms with Crippen LogP contribution in [0.25, 0.3) is 0 Å². The Morgan fingerprint density at radius 3 is 2.50 bits per heavy atom. The minimum Gasteiger partial charge on any atom is -0.385 e. The lowest BCUT2D eigenvalue weighted by atomic mass is 9.83. The highest BCUT2D eigenvalue weighted by atomic mass is 79.9. The Bertz CT molecular complexity index is 307. The molecule has 0 aromatic heterocycles. The second-order valence-corrected chi connectivity index (χ2v) is 4.79. The summed E-state index contributed by atoms with van der Waals surface area (Å²) < 4.78 is 0.977. The molecule has 0 saturated heterocycles. The fourth-order valence-electron chi connectivity index (χ4n) is 1.53. The average Bonchev–Trinajstić information content (AvgIpc) is 2.17. The molecule has 1 nitrogen and oxygen atoms in total. The molecule has 0 saturated carbocycles. The molecule has 0 heterocycles. The van der Waals surface area contributed by atoms with E-state index in [2.05, 4.69) is 29.8 Å². The monoisotopic (exact) mass is 256 g/mol. The number of halogens is 1. The molecular weight excluding hydrogens is 240 g/mol. The highest BCUT2D eigenvalue weighted by Crippen LogP contribution is 2.35. The molecule has 2 unspecified atom stereocenters. The third-order valence-corrected chi connectivity index (χ3v) is 3.68. The first kappa shape index (κ1) is 11.7. The van der Waals surface area contributed by atoms with Crippen molar-refractivity contribution in [2.24, 2.45) is 5.92 Å². The molecule has 0 spiro atoms. The van der Waals surface area contributed by atoms with E-state index in [0.717, 1.165) is 16.5 Å². The summed E-state index contributed by atoms with van der Waals surface area (Å²) in [7, 11) is 0. The van der Waals surface area contributed by atoms with Gasteiger partial charge in [-0.3, -0.25) is 0 Å². The van der Waals surface area contributed by atoms with E-state index in [-0.39, 0.29) is 5.92 Å². The van der Waals surface area contributed by atoms with Crippen LogP contribution in [0.5, 0.6) is 0 Å². The van der Waals surface area contributed by atoms with Gasteiger partial charge in [-0.2, -0.15) is 0 Å². The molecule has 0 aliphatic carbocycles. The maximum Gasteiger partial charge on any atom is 0.0904 e. The van der Waals surface area contributed by atoms with E-state index < -0.39 is 5.60 Å². The maximum absolute atomic E-state index is 10.4. The van der Waals surface area contributed by atoms with E-state index in [0.29, 0.717) is 0 Å². The van der Waals surface area contributed by atoms with Crippen LogP contribution in [0, 0.1) is 5.92 Å². The summed E-state index contributed by atoms with van der Waals surface area (Å²) in [6, 6.07) is 7.85. The average molecular weight is 257 g/mol. The zero-order valence-corrected chi connectivity index (χ0v) is 10.5. The quantitative estimate of drug-likeness (QED) is 0.875. The molecule has 1 aromatic rings. The summed E-state index contributed by atoms with van der Waals surface area (Å²) in [5.74, 6) is 0.251. The summed E-state index contributed by atoms with van der Waals surface area (Å²) in [5, 5.41) is 10.4. The van der Waals surface area contributed by atoms with Crippen molar-refractivity contribution in [3.8, 4) is 0 Å². The van der Waals surface area contributed by atoms with Crippen molar-refractivity contribution in [2.75, 3.05) is 0 Å². The number of hydrogen-bond donors (Lipinski definition) is 1. The van der Waals surface area contributed by atoms with Crippen molar-refractivity contribution >= 4 is 15.9 Å². The molecule has 14 heavy (non-hydrogen) atoms. The maximum atomic E-state index is 10.4. The summed E-state index contributed by atoms with van der Waals surface area (Å²) in [5.41, 5.74) is 0.212. The van der Waals surface area contributed by atoms with E-state index in [9.17, 15) is 5.11 Å². The number of aliphatic hydroxyl groups is 1. The molecule has 0 bridgehead atoms. The van der Waals surface area contributed by atoms with Crippen molar-refractivity contribution in [3.05, 3.63) is 34.3 Å². The predicted molar refractivity (Wildman–Crippen MR) is 63.2 cm³/mol. The molecule has 0 aliphatic rings. The molecule has 0 aliphatic heterocycles. The zero-order chi connectivity index (χ0) is 10.8. The molecule has 1 N–H and O–H groups in total. The fraction of sp³-hybridized carbons (Fsp3) is 0.500. The Labute approximate surface area is 94.3 Å². The van der Waals surface area contributed by atoms with Gasteiger partial charge in [-0.25, -0.2) is 0 Å². The third-order valence-electron chi connectivity index (χ3n) is 2.99. The van der Waals surface area contributed by atoms with Crippen LogP contribution < -0.4 is 0 Å². The Kier molecular flexibility index (Phi) is 3.73. The lowest BCUT2D eigenvalue weighted by molar-refractivity contribution is -0.000644. The molecule has 0 amide bonds. The molecule has 78 valence electrons. The van der Waals surface area contributed by atoms with E-state index in [1.54, 1.807) is 0 Å². The van der Waals surface area contributed by atoms with E-state index in [4.69, 9.17) is 0 Å². The van der Waals surface area contributed by atoms with Crippen LogP contribution in [0.2, 0.25) is 0 Å². The third kappa shape index (κ3) is 2.18. The number of rotatable bonds is 3. The minimum atomic E-state index is -0.755. The molecule has 1 rings (SSSR count). The van der Waals surface area contributed by atoms with Gasteiger partial charge in [-0.15, -0.1) is 0 Å². The van der Waals surface area contributed by atoms with Crippen molar-refractivity contribution in [1.29, 1.82) is 0 Å². The van der Waals surface area contributed by atoms with Gasteiger partial charge in [0, 0.05) is 4.47 Å². The van der Waals surface area contributed by atoms with Gasteiger partial charge < -0.3 is 5.11 Å². The highest BCUT2D eigenvalue weighted by Gasteiger charge is 2.30. The molecule has 0 radical (unpaired) electrons. The SMILES string of the molecule is CCC(C)C(C)(O)c1ccccc1Br. The zero-order valence-electron chi connectivity index (χ0n) is 8.92. The van der Waals surface area contributed by atoms with Gasteiger partial charge in [0.05, 0.1) is 5.60 Å². The first-order chi connectivity index (χ1) is 6.50. The minimum absolute atomic E-state index is 0.251. The molecule has 1 aromatic carbocycles. The lowest BCUT2D eigenvalue weighted by Gasteiger charge is -2.31. The molecule has 2 atom stereocenters. The van der Waals surface area contributed by atoms with Gasteiger partial charge in [0.2, 0.25) is 0 Å². The van der Waals surface area contributed by atoms with Crippen LogP contribution in [-0.4, -0.2) is 5.11 Å². The van der Waals surface area contributed by atoms with Gasteiger partial charge in [-0.05, 0) is 24.5 Å². The van der Waals surface area contributed by atoms with E-state index >= 15 is 0 Å². The van der Waals surface area contributed by atoms with Gasteiger partial charge in [0.25, 0.3) is 0 Å². The normalized spacial score (nSPS) is 17.5.